The highest BCUT2D eigenvalue weighted by Gasteiger charge is 2.45. The van der Waals surface area contributed by atoms with Crippen molar-refractivity contribution in [2.75, 3.05) is 21.0 Å². The fourth-order valence-corrected chi connectivity index (χ4v) is 3.93. The summed E-state index contributed by atoms with van der Waals surface area (Å²) in [4.78, 5) is 13.2. The summed E-state index contributed by atoms with van der Waals surface area (Å²) in [5.74, 6) is -2.21. The van der Waals surface area contributed by atoms with E-state index in [1.165, 1.54) is 20.3 Å². The fourth-order valence-electron chi connectivity index (χ4n) is 3.93. The first kappa shape index (κ1) is 26.2. The summed E-state index contributed by atoms with van der Waals surface area (Å²) in [6, 6.07) is 3.27. The molecule has 0 bridgehead atoms. The van der Waals surface area contributed by atoms with Crippen LogP contribution >= 0.6 is 0 Å². The van der Waals surface area contributed by atoms with Crippen LogP contribution < -0.4 is 9.47 Å². The molecule has 34 heavy (non-hydrogen) atoms. The molecular formula is C25H33FO8. The van der Waals surface area contributed by atoms with Gasteiger partial charge in [-0.2, -0.15) is 0 Å². The minimum atomic E-state index is -1.52. The number of fused-ring (bicyclic) bond motifs is 2. The van der Waals surface area contributed by atoms with E-state index in [0.29, 0.717) is 17.7 Å². The van der Waals surface area contributed by atoms with Gasteiger partial charge in [-0.25, -0.2) is 9.18 Å². The van der Waals surface area contributed by atoms with Gasteiger partial charge in [0.2, 0.25) is 0 Å². The molecule has 0 radical (unpaired) electrons. The summed E-state index contributed by atoms with van der Waals surface area (Å²) < 4.78 is 48.4. The number of methoxy groups -OCH3 is 2. The molecule has 9 heteroatoms. The minimum absolute atomic E-state index is 0.0849. The van der Waals surface area contributed by atoms with Gasteiger partial charge in [0.1, 0.15) is 41.2 Å². The zero-order valence-electron chi connectivity index (χ0n) is 20.4. The van der Waals surface area contributed by atoms with E-state index in [0.717, 1.165) is 0 Å². The maximum atomic E-state index is 15.0. The molecule has 1 aromatic rings. The van der Waals surface area contributed by atoms with Gasteiger partial charge in [0.05, 0.1) is 13.2 Å². The molecule has 1 N–H and O–H groups in total. The van der Waals surface area contributed by atoms with Crippen molar-refractivity contribution in [3.63, 3.8) is 0 Å². The highest BCUT2D eigenvalue weighted by atomic mass is 19.1. The first-order valence-corrected chi connectivity index (χ1v) is 11.2. The molecule has 8 nitrogen and oxygen atoms in total. The molecular weight excluding hydrogens is 447 g/mol. The molecule has 0 amide bonds. The van der Waals surface area contributed by atoms with Crippen molar-refractivity contribution in [2.24, 2.45) is 5.92 Å². The summed E-state index contributed by atoms with van der Waals surface area (Å²) >= 11 is 0. The van der Waals surface area contributed by atoms with Gasteiger partial charge in [-0.05, 0) is 44.9 Å². The van der Waals surface area contributed by atoms with Crippen molar-refractivity contribution in [1.29, 1.82) is 0 Å². The average molecular weight is 481 g/mol. The van der Waals surface area contributed by atoms with E-state index in [4.69, 9.17) is 28.4 Å². The van der Waals surface area contributed by atoms with Gasteiger partial charge in [-0.1, -0.05) is 19.1 Å². The Morgan fingerprint density at radius 2 is 1.94 bits per heavy atom. The zero-order chi connectivity index (χ0) is 25.0. The second-order valence-electron chi connectivity index (χ2n) is 8.88. The summed E-state index contributed by atoms with van der Waals surface area (Å²) in [5.41, 5.74) is 0.694. The van der Waals surface area contributed by atoms with E-state index >= 15 is 0 Å². The maximum Gasteiger partial charge on any atom is 0.342 e. The van der Waals surface area contributed by atoms with Crippen LogP contribution in [0.3, 0.4) is 0 Å². The second-order valence-corrected chi connectivity index (χ2v) is 8.88. The van der Waals surface area contributed by atoms with Crippen molar-refractivity contribution in [3.8, 4) is 11.5 Å². The van der Waals surface area contributed by atoms with Crippen molar-refractivity contribution in [1.82, 2.24) is 0 Å². The van der Waals surface area contributed by atoms with Crippen LogP contribution in [0.2, 0.25) is 0 Å². The van der Waals surface area contributed by atoms with Crippen LogP contribution in [0.4, 0.5) is 4.39 Å². The molecule has 2 heterocycles. The maximum absolute atomic E-state index is 15.0. The third kappa shape index (κ3) is 5.96. The summed E-state index contributed by atoms with van der Waals surface area (Å²) in [6.45, 7) is 6.69. The monoisotopic (exact) mass is 480 g/mol. The first-order chi connectivity index (χ1) is 16.1. The van der Waals surface area contributed by atoms with E-state index in [1.54, 1.807) is 52.0 Å². The van der Waals surface area contributed by atoms with Crippen LogP contribution in [-0.2, 0) is 18.9 Å². The number of cyclic esters (lactones) is 1. The predicted octanol–water partition coefficient (Wildman–Crippen LogP) is 4.01. The summed E-state index contributed by atoms with van der Waals surface area (Å²) in [6.07, 6.45) is 1.28. The molecule has 1 saturated heterocycles. The summed E-state index contributed by atoms with van der Waals surface area (Å²) in [5, 5.41) is 10.7. The number of hydrogen-bond acceptors (Lipinski definition) is 8. The lowest BCUT2D eigenvalue weighted by Gasteiger charge is -2.24. The standard InChI is InChI=1S/C25H33FO8/c1-14-10-18(26)22(27)23-19(33-25(3,4)34-23)9-7-8-16-11-17(30-6)12-20(31-13-29-5)21(16)24(28)32-15(14)2/h7-8,10-12,14-15,19,22-23,27H,9,13H2,1-6H3/t14-,15+,19?,22?,23?/m1/s1. The van der Waals surface area contributed by atoms with Crippen LogP contribution in [-0.4, -0.2) is 62.3 Å². The molecule has 0 aliphatic carbocycles. The van der Waals surface area contributed by atoms with Crippen LogP contribution in [0.5, 0.6) is 11.5 Å². The number of rotatable bonds is 4. The van der Waals surface area contributed by atoms with E-state index in [2.05, 4.69) is 0 Å². The molecule has 2 aliphatic rings. The topological polar surface area (TPSA) is 92.7 Å². The molecule has 3 rings (SSSR count). The molecule has 3 unspecified atom stereocenters. The second kappa shape index (κ2) is 10.9. The molecule has 2 aliphatic heterocycles. The van der Waals surface area contributed by atoms with E-state index in [1.807, 2.05) is 0 Å². The highest BCUT2D eigenvalue weighted by molar-refractivity contribution is 5.97. The number of ether oxygens (including phenoxy) is 6. The lowest BCUT2D eigenvalue weighted by molar-refractivity contribution is -0.153. The number of benzene rings is 1. The van der Waals surface area contributed by atoms with Crippen molar-refractivity contribution < 1.29 is 42.7 Å². The Kier molecular flexibility index (Phi) is 8.35. The first-order valence-electron chi connectivity index (χ1n) is 11.2. The molecule has 188 valence electrons. The van der Waals surface area contributed by atoms with Gasteiger partial charge in [-0.3, -0.25) is 0 Å². The van der Waals surface area contributed by atoms with Gasteiger partial charge in [0, 0.05) is 19.1 Å². The highest BCUT2D eigenvalue weighted by Crippen LogP contribution is 2.36. The number of esters is 1. The van der Waals surface area contributed by atoms with E-state index in [-0.39, 0.29) is 18.1 Å². The van der Waals surface area contributed by atoms with Crippen LogP contribution in [0.15, 0.2) is 30.1 Å². The predicted molar refractivity (Wildman–Crippen MR) is 122 cm³/mol. The molecule has 0 spiro atoms. The van der Waals surface area contributed by atoms with E-state index in [9.17, 15) is 14.3 Å². The van der Waals surface area contributed by atoms with Gasteiger partial charge in [0.15, 0.2) is 12.6 Å². The average Bonchev–Trinajstić information content (AvgIpc) is 3.09. The molecule has 1 aromatic carbocycles. The third-order valence-corrected chi connectivity index (χ3v) is 5.81. The number of hydrogen-bond donors (Lipinski definition) is 1. The lowest BCUT2D eigenvalue weighted by atomic mass is 9.98. The SMILES string of the molecule is COCOc1cc(OC)cc2c1C(=O)O[C@@H](C)[C@H](C)C=C(F)C(O)C1OC(C)(C)OC1CC=C2. The summed E-state index contributed by atoms with van der Waals surface area (Å²) in [7, 11) is 2.98. The van der Waals surface area contributed by atoms with Gasteiger partial charge < -0.3 is 33.5 Å². The quantitative estimate of drug-likeness (QED) is 0.511. The molecule has 0 aromatic heterocycles. The van der Waals surface area contributed by atoms with Gasteiger partial charge in [0.25, 0.3) is 0 Å². The Labute approximate surface area is 199 Å². The molecule has 0 saturated carbocycles. The van der Waals surface area contributed by atoms with Crippen molar-refractivity contribution >= 4 is 12.0 Å². The van der Waals surface area contributed by atoms with Crippen LogP contribution in [0.1, 0.15) is 50.0 Å². The largest absolute Gasteiger partial charge is 0.497 e. The van der Waals surface area contributed by atoms with Gasteiger partial charge >= 0.3 is 5.97 Å². The molecule has 1 fully saturated rings. The Morgan fingerprint density at radius 1 is 1.21 bits per heavy atom. The normalized spacial score (nSPS) is 29.4. The Morgan fingerprint density at radius 3 is 2.62 bits per heavy atom. The Hall–Kier alpha value is -2.46. The Bertz CT molecular complexity index is 941. The Balaban J connectivity index is 2.09. The van der Waals surface area contributed by atoms with Crippen LogP contribution in [0, 0.1) is 5.92 Å². The minimum Gasteiger partial charge on any atom is -0.497 e. The van der Waals surface area contributed by atoms with Crippen molar-refractivity contribution in [3.05, 3.63) is 41.2 Å². The third-order valence-electron chi connectivity index (χ3n) is 5.81. The lowest BCUT2D eigenvalue weighted by Crippen LogP contribution is -2.36. The van der Waals surface area contributed by atoms with Crippen molar-refractivity contribution in [2.45, 2.75) is 64.3 Å². The number of aliphatic hydroxyl groups is 1. The van der Waals surface area contributed by atoms with Gasteiger partial charge in [-0.15, -0.1) is 0 Å². The fraction of sp³-hybridized carbons (Fsp3) is 0.560. The zero-order valence-corrected chi connectivity index (χ0v) is 20.4. The van der Waals surface area contributed by atoms with E-state index < -0.39 is 47.9 Å². The number of aliphatic hydroxyl groups excluding tert-OH is 1. The number of halogens is 1. The molecule has 5 atom stereocenters. The number of carbonyl (C=O) groups is 1. The number of carbonyl (C=O) groups excluding carboxylic acids is 1. The smallest absolute Gasteiger partial charge is 0.342 e. The van der Waals surface area contributed by atoms with Crippen LogP contribution in [0.25, 0.3) is 6.08 Å².